The minimum atomic E-state index is -3.59. The van der Waals surface area contributed by atoms with Crippen LogP contribution in [0.25, 0.3) is 0 Å². The SMILES string of the molecule is CN(c1ccc(O)cc1)S(=O)(=O)c1ccc(Br)cc1. The normalized spacial score (nSPS) is 11.3. The van der Waals surface area contributed by atoms with Gasteiger partial charge in [0, 0.05) is 11.5 Å². The summed E-state index contributed by atoms with van der Waals surface area (Å²) in [6, 6.07) is 12.4. The number of aromatic hydroxyl groups is 1. The highest BCUT2D eigenvalue weighted by atomic mass is 79.9. The van der Waals surface area contributed by atoms with Crippen LogP contribution in [0.1, 0.15) is 0 Å². The van der Waals surface area contributed by atoms with E-state index >= 15 is 0 Å². The molecule has 19 heavy (non-hydrogen) atoms. The van der Waals surface area contributed by atoms with E-state index in [9.17, 15) is 13.5 Å². The van der Waals surface area contributed by atoms with Gasteiger partial charge < -0.3 is 5.11 Å². The van der Waals surface area contributed by atoms with Gasteiger partial charge in [-0.3, -0.25) is 4.31 Å². The van der Waals surface area contributed by atoms with Crippen LogP contribution in [-0.4, -0.2) is 20.6 Å². The van der Waals surface area contributed by atoms with Gasteiger partial charge in [0.1, 0.15) is 5.75 Å². The molecule has 0 heterocycles. The molecule has 0 spiro atoms. The van der Waals surface area contributed by atoms with E-state index in [2.05, 4.69) is 15.9 Å². The van der Waals surface area contributed by atoms with Gasteiger partial charge in [0.15, 0.2) is 0 Å². The Morgan fingerprint density at radius 1 is 1.00 bits per heavy atom. The zero-order chi connectivity index (χ0) is 14.0. The van der Waals surface area contributed by atoms with Crippen LogP contribution in [0.4, 0.5) is 5.69 Å². The van der Waals surface area contributed by atoms with Crippen molar-refractivity contribution in [2.45, 2.75) is 4.90 Å². The van der Waals surface area contributed by atoms with E-state index in [0.717, 1.165) is 4.47 Å². The maximum absolute atomic E-state index is 12.4. The van der Waals surface area contributed by atoms with Gasteiger partial charge in [0.05, 0.1) is 10.6 Å². The lowest BCUT2D eigenvalue weighted by Crippen LogP contribution is -2.26. The van der Waals surface area contributed by atoms with Gasteiger partial charge in [-0.1, -0.05) is 15.9 Å². The number of hydrogen-bond donors (Lipinski definition) is 1. The van der Waals surface area contributed by atoms with E-state index in [-0.39, 0.29) is 10.6 Å². The molecule has 0 bridgehead atoms. The van der Waals surface area contributed by atoms with E-state index in [4.69, 9.17) is 0 Å². The Morgan fingerprint density at radius 3 is 2.05 bits per heavy atom. The van der Waals surface area contributed by atoms with E-state index in [1.54, 1.807) is 24.3 Å². The van der Waals surface area contributed by atoms with Crippen molar-refractivity contribution in [1.29, 1.82) is 0 Å². The largest absolute Gasteiger partial charge is 0.508 e. The first-order chi connectivity index (χ1) is 8.91. The average molecular weight is 342 g/mol. The standard InChI is InChI=1S/C13H12BrNO3S/c1-15(11-4-6-12(16)7-5-11)19(17,18)13-8-2-10(14)3-9-13/h2-9,16H,1H3. The maximum Gasteiger partial charge on any atom is 0.264 e. The predicted octanol–water partition coefficient (Wildman–Crippen LogP) is 2.98. The first-order valence-corrected chi connectivity index (χ1v) is 7.68. The van der Waals surface area contributed by atoms with Crippen molar-refractivity contribution in [3.05, 3.63) is 53.0 Å². The highest BCUT2D eigenvalue weighted by Gasteiger charge is 2.20. The maximum atomic E-state index is 12.4. The number of nitrogens with zero attached hydrogens (tertiary/aromatic N) is 1. The van der Waals surface area contributed by atoms with Crippen LogP contribution in [-0.2, 0) is 10.0 Å². The minimum absolute atomic E-state index is 0.0955. The molecule has 0 amide bonds. The Bertz CT molecular complexity index is 666. The third kappa shape index (κ3) is 2.90. The summed E-state index contributed by atoms with van der Waals surface area (Å²) in [4.78, 5) is 0.214. The summed E-state index contributed by atoms with van der Waals surface area (Å²) >= 11 is 3.27. The summed E-state index contributed by atoms with van der Waals surface area (Å²) in [7, 11) is -2.11. The molecule has 6 heteroatoms. The van der Waals surface area contributed by atoms with Gasteiger partial charge in [-0.05, 0) is 48.5 Å². The van der Waals surface area contributed by atoms with Crippen LogP contribution in [0.15, 0.2) is 57.9 Å². The van der Waals surface area contributed by atoms with Crippen molar-refractivity contribution in [2.75, 3.05) is 11.4 Å². The van der Waals surface area contributed by atoms with Crippen molar-refractivity contribution < 1.29 is 13.5 Å². The molecular formula is C13H12BrNO3S. The molecule has 0 aliphatic carbocycles. The monoisotopic (exact) mass is 341 g/mol. The molecule has 4 nitrogen and oxygen atoms in total. The zero-order valence-corrected chi connectivity index (χ0v) is 12.5. The molecule has 0 unspecified atom stereocenters. The molecule has 1 N–H and O–H groups in total. The van der Waals surface area contributed by atoms with Crippen molar-refractivity contribution >= 4 is 31.6 Å². The molecule has 0 saturated carbocycles. The van der Waals surface area contributed by atoms with E-state index < -0.39 is 10.0 Å². The second-order valence-corrected chi connectivity index (χ2v) is 6.83. The molecule has 0 aliphatic heterocycles. The van der Waals surface area contributed by atoms with Crippen LogP contribution in [0.5, 0.6) is 5.75 Å². The molecule has 0 fully saturated rings. The van der Waals surface area contributed by atoms with Gasteiger partial charge >= 0.3 is 0 Å². The lowest BCUT2D eigenvalue weighted by atomic mass is 10.3. The Hall–Kier alpha value is -1.53. The van der Waals surface area contributed by atoms with Gasteiger partial charge in [-0.15, -0.1) is 0 Å². The highest BCUT2D eigenvalue weighted by Crippen LogP contribution is 2.24. The van der Waals surface area contributed by atoms with Crippen molar-refractivity contribution in [1.82, 2.24) is 0 Å². The molecule has 2 rings (SSSR count). The minimum Gasteiger partial charge on any atom is -0.508 e. The fraction of sp³-hybridized carbons (Fsp3) is 0.0769. The second kappa shape index (κ2) is 5.22. The second-order valence-electron chi connectivity index (χ2n) is 3.94. The lowest BCUT2D eigenvalue weighted by Gasteiger charge is -2.19. The van der Waals surface area contributed by atoms with Crippen LogP contribution >= 0.6 is 15.9 Å². The average Bonchev–Trinajstić information content (AvgIpc) is 2.39. The number of halogens is 1. The fourth-order valence-corrected chi connectivity index (χ4v) is 3.03. The third-order valence-electron chi connectivity index (χ3n) is 2.69. The summed E-state index contributed by atoms with van der Waals surface area (Å²) in [5.74, 6) is 0.0955. The van der Waals surface area contributed by atoms with Gasteiger partial charge in [-0.25, -0.2) is 8.42 Å². The molecule has 0 saturated heterocycles. The molecular weight excluding hydrogens is 330 g/mol. The van der Waals surface area contributed by atoms with Gasteiger partial charge in [-0.2, -0.15) is 0 Å². The van der Waals surface area contributed by atoms with Gasteiger partial charge in [0.25, 0.3) is 10.0 Å². The Labute approximate surface area is 120 Å². The first kappa shape index (κ1) is 13.9. The number of phenolic OH excluding ortho intramolecular Hbond substituents is 1. The summed E-state index contributed by atoms with van der Waals surface area (Å²) in [5, 5.41) is 9.22. The lowest BCUT2D eigenvalue weighted by molar-refractivity contribution is 0.475. The van der Waals surface area contributed by atoms with Gasteiger partial charge in [0.2, 0.25) is 0 Å². The summed E-state index contributed by atoms with van der Waals surface area (Å²) < 4.78 is 26.7. The smallest absolute Gasteiger partial charge is 0.264 e. The van der Waals surface area contributed by atoms with E-state index in [1.807, 2.05) is 0 Å². The molecule has 100 valence electrons. The van der Waals surface area contributed by atoms with Crippen LogP contribution in [0.3, 0.4) is 0 Å². The van der Waals surface area contributed by atoms with E-state index in [1.165, 1.54) is 35.6 Å². The quantitative estimate of drug-likeness (QED) is 0.933. The molecule has 0 aliphatic rings. The molecule has 2 aromatic carbocycles. The summed E-state index contributed by atoms with van der Waals surface area (Å²) in [6.45, 7) is 0. The zero-order valence-electron chi connectivity index (χ0n) is 10.1. The third-order valence-corrected chi connectivity index (χ3v) is 5.01. The number of benzene rings is 2. The summed E-state index contributed by atoms with van der Waals surface area (Å²) in [6.07, 6.45) is 0. The fourth-order valence-electron chi connectivity index (χ4n) is 1.57. The number of rotatable bonds is 3. The Kier molecular flexibility index (Phi) is 3.82. The van der Waals surface area contributed by atoms with Crippen molar-refractivity contribution in [2.24, 2.45) is 0 Å². The molecule has 0 radical (unpaired) electrons. The van der Waals surface area contributed by atoms with Crippen LogP contribution < -0.4 is 4.31 Å². The van der Waals surface area contributed by atoms with Crippen LogP contribution in [0, 0.1) is 0 Å². The predicted molar refractivity (Wildman–Crippen MR) is 77.8 cm³/mol. The van der Waals surface area contributed by atoms with Crippen LogP contribution in [0.2, 0.25) is 0 Å². The van der Waals surface area contributed by atoms with Crippen molar-refractivity contribution in [3.8, 4) is 5.75 Å². The number of phenols is 1. The Balaban J connectivity index is 2.39. The first-order valence-electron chi connectivity index (χ1n) is 5.45. The Morgan fingerprint density at radius 2 is 1.53 bits per heavy atom. The number of anilines is 1. The number of sulfonamides is 1. The van der Waals surface area contributed by atoms with Crippen molar-refractivity contribution in [3.63, 3.8) is 0 Å². The highest BCUT2D eigenvalue weighted by molar-refractivity contribution is 9.10. The summed E-state index contributed by atoms with van der Waals surface area (Å²) in [5.41, 5.74) is 0.487. The number of hydrogen-bond acceptors (Lipinski definition) is 3. The van der Waals surface area contributed by atoms with E-state index in [0.29, 0.717) is 5.69 Å². The topological polar surface area (TPSA) is 57.6 Å². The molecule has 0 atom stereocenters. The molecule has 2 aromatic rings. The molecule has 0 aromatic heterocycles.